The molecule has 4 heteroatoms. The van der Waals surface area contributed by atoms with E-state index in [0.29, 0.717) is 23.6 Å². The number of rotatable bonds is 3. The molecule has 2 atom stereocenters. The fraction of sp³-hybridized carbons (Fsp3) is 0.889. The number of thiocarbonyl (C=S) groups is 1. The molecule has 0 bridgehead atoms. The van der Waals surface area contributed by atoms with Crippen LogP contribution in [0.4, 0.5) is 0 Å². The Labute approximate surface area is 84.9 Å². The first-order chi connectivity index (χ1) is 6.24. The average molecular weight is 202 g/mol. The molecule has 0 aromatic rings. The highest BCUT2D eigenvalue weighted by Gasteiger charge is 2.23. The normalized spacial score (nSPS) is 27.2. The summed E-state index contributed by atoms with van der Waals surface area (Å²) in [6, 6.07) is 0.527. The van der Waals surface area contributed by atoms with Crippen LogP contribution in [-0.2, 0) is 0 Å². The van der Waals surface area contributed by atoms with Gasteiger partial charge in [-0.2, -0.15) is 0 Å². The summed E-state index contributed by atoms with van der Waals surface area (Å²) < 4.78 is 0. The van der Waals surface area contributed by atoms with E-state index in [1.54, 1.807) is 0 Å². The van der Waals surface area contributed by atoms with Crippen LogP contribution in [0.15, 0.2) is 0 Å². The van der Waals surface area contributed by atoms with Crippen LogP contribution < -0.4 is 10.6 Å². The predicted octanol–water partition coefficient (Wildman–Crippen LogP) is 0.631. The van der Waals surface area contributed by atoms with E-state index in [1.165, 1.54) is 19.3 Å². The van der Waals surface area contributed by atoms with E-state index in [1.807, 2.05) is 0 Å². The first-order valence-corrected chi connectivity index (χ1v) is 5.30. The molecule has 0 heterocycles. The minimum atomic E-state index is 0.127. The van der Waals surface area contributed by atoms with Crippen molar-refractivity contribution in [2.24, 2.45) is 5.92 Å². The van der Waals surface area contributed by atoms with Crippen molar-refractivity contribution < 1.29 is 5.11 Å². The minimum Gasteiger partial charge on any atom is -0.395 e. The van der Waals surface area contributed by atoms with Crippen molar-refractivity contribution in [3.8, 4) is 0 Å². The summed E-state index contributed by atoms with van der Waals surface area (Å²) in [5.41, 5.74) is 0. The van der Waals surface area contributed by atoms with E-state index < -0.39 is 0 Å². The molecule has 0 aliphatic heterocycles. The lowest BCUT2D eigenvalue weighted by molar-refractivity contribution is 0.300. The van der Waals surface area contributed by atoms with E-state index in [0.717, 1.165) is 0 Å². The Hall–Kier alpha value is -0.350. The number of nitrogens with one attached hydrogen (secondary N) is 2. The summed E-state index contributed by atoms with van der Waals surface area (Å²) in [6.45, 7) is 2.91. The maximum absolute atomic E-state index is 8.58. The third-order valence-corrected chi connectivity index (χ3v) is 2.84. The van der Waals surface area contributed by atoms with Crippen molar-refractivity contribution >= 4 is 17.3 Å². The smallest absolute Gasteiger partial charge is 0.166 e. The molecule has 1 saturated carbocycles. The van der Waals surface area contributed by atoms with Crippen LogP contribution in [0.1, 0.15) is 26.2 Å². The second-order valence-electron chi connectivity index (χ2n) is 3.64. The lowest BCUT2D eigenvalue weighted by Crippen LogP contribution is -2.43. The van der Waals surface area contributed by atoms with Crippen LogP contribution in [0.5, 0.6) is 0 Å². The van der Waals surface area contributed by atoms with E-state index in [2.05, 4.69) is 17.6 Å². The zero-order chi connectivity index (χ0) is 9.68. The standard InChI is InChI=1S/C9H18N2OS/c1-7-3-2-4-8(7)11-9(13)10-5-6-12/h7-8,12H,2-6H2,1H3,(H2,10,11,13)/t7-,8+/m0/s1. The van der Waals surface area contributed by atoms with Crippen LogP contribution in [0.25, 0.3) is 0 Å². The average Bonchev–Trinajstić information content (AvgIpc) is 2.48. The Bertz CT molecular complexity index is 175. The Morgan fingerprint density at radius 3 is 2.85 bits per heavy atom. The zero-order valence-corrected chi connectivity index (χ0v) is 8.86. The highest BCUT2D eigenvalue weighted by molar-refractivity contribution is 7.80. The van der Waals surface area contributed by atoms with E-state index in [-0.39, 0.29) is 6.61 Å². The SMILES string of the molecule is C[C@H]1CCC[C@H]1NC(=S)NCCO. The molecule has 0 aromatic heterocycles. The molecule has 0 radical (unpaired) electrons. The summed E-state index contributed by atoms with van der Waals surface area (Å²) >= 11 is 5.08. The lowest BCUT2D eigenvalue weighted by atomic mass is 10.1. The van der Waals surface area contributed by atoms with Gasteiger partial charge in [0.15, 0.2) is 5.11 Å². The Kier molecular flexibility index (Phi) is 4.45. The molecule has 76 valence electrons. The number of aliphatic hydroxyl groups is 1. The van der Waals surface area contributed by atoms with Crippen LogP contribution in [0.3, 0.4) is 0 Å². The molecule has 1 rings (SSSR count). The van der Waals surface area contributed by atoms with Gasteiger partial charge in [-0.15, -0.1) is 0 Å². The van der Waals surface area contributed by atoms with Gasteiger partial charge in [0.05, 0.1) is 6.61 Å². The zero-order valence-electron chi connectivity index (χ0n) is 8.05. The quantitative estimate of drug-likeness (QED) is 0.587. The molecule has 0 aromatic carbocycles. The van der Waals surface area contributed by atoms with Crippen molar-refractivity contribution in [2.45, 2.75) is 32.2 Å². The fourth-order valence-corrected chi connectivity index (χ4v) is 2.00. The summed E-state index contributed by atoms with van der Waals surface area (Å²) in [4.78, 5) is 0. The molecule has 1 aliphatic carbocycles. The molecule has 3 nitrogen and oxygen atoms in total. The summed E-state index contributed by atoms with van der Waals surface area (Å²) in [6.07, 6.45) is 3.80. The molecule has 1 fully saturated rings. The van der Waals surface area contributed by atoms with Crippen LogP contribution in [0.2, 0.25) is 0 Å². The maximum atomic E-state index is 8.58. The summed E-state index contributed by atoms with van der Waals surface area (Å²) in [5, 5.41) is 15.5. The predicted molar refractivity (Wildman–Crippen MR) is 57.6 cm³/mol. The highest BCUT2D eigenvalue weighted by atomic mass is 32.1. The first kappa shape index (κ1) is 10.7. The summed E-state index contributed by atoms with van der Waals surface area (Å²) in [7, 11) is 0. The third kappa shape index (κ3) is 3.48. The third-order valence-electron chi connectivity index (χ3n) is 2.58. The van der Waals surface area contributed by atoms with Gasteiger partial charge >= 0.3 is 0 Å². The molecular weight excluding hydrogens is 184 g/mol. The topological polar surface area (TPSA) is 44.3 Å². The maximum Gasteiger partial charge on any atom is 0.166 e. The Morgan fingerprint density at radius 2 is 2.31 bits per heavy atom. The molecule has 0 saturated heterocycles. The van der Waals surface area contributed by atoms with Gasteiger partial charge in [0.25, 0.3) is 0 Å². The van der Waals surface area contributed by atoms with Crippen LogP contribution >= 0.6 is 12.2 Å². The van der Waals surface area contributed by atoms with Crippen molar-refractivity contribution in [3.05, 3.63) is 0 Å². The van der Waals surface area contributed by atoms with Crippen molar-refractivity contribution in [1.82, 2.24) is 10.6 Å². The van der Waals surface area contributed by atoms with Gasteiger partial charge in [0, 0.05) is 12.6 Å². The molecule has 0 unspecified atom stereocenters. The van der Waals surface area contributed by atoms with Gasteiger partial charge in [0.1, 0.15) is 0 Å². The van der Waals surface area contributed by atoms with Gasteiger partial charge in [-0.3, -0.25) is 0 Å². The Morgan fingerprint density at radius 1 is 1.54 bits per heavy atom. The van der Waals surface area contributed by atoms with Gasteiger partial charge in [-0.25, -0.2) is 0 Å². The monoisotopic (exact) mass is 202 g/mol. The van der Waals surface area contributed by atoms with Crippen molar-refractivity contribution in [2.75, 3.05) is 13.2 Å². The van der Waals surface area contributed by atoms with E-state index >= 15 is 0 Å². The van der Waals surface area contributed by atoms with Crippen LogP contribution in [-0.4, -0.2) is 29.4 Å². The molecule has 3 N–H and O–H groups in total. The highest BCUT2D eigenvalue weighted by Crippen LogP contribution is 2.24. The first-order valence-electron chi connectivity index (χ1n) is 4.89. The number of hydrogen-bond acceptors (Lipinski definition) is 2. The van der Waals surface area contributed by atoms with E-state index in [9.17, 15) is 0 Å². The molecule has 0 amide bonds. The van der Waals surface area contributed by atoms with Gasteiger partial charge in [-0.1, -0.05) is 13.3 Å². The molecule has 13 heavy (non-hydrogen) atoms. The largest absolute Gasteiger partial charge is 0.395 e. The number of hydrogen-bond donors (Lipinski definition) is 3. The molecule has 0 spiro atoms. The minimum absolute atomic E-state index is 0.127. The second kappa shape index (κ2) is 5.40. The van der Waals surface area contributed by atoms with Crippen molar-refractivity contribution in [3.63, 3.8) is 0 Å². The lowest BCUT2D eigenvalue weighted by Gasteiger charge is -2.19. The van der Waals surface area contributed by atoms with Gasteiger partial charge in [0.2, 0.25) is 0 Å². The summed E-state index contributed by atoms with van der Waals surface area (Å²) in [5.74, 6) is 0.717. The Balaban J connectivity index is 2.19. The van der Waals surface area contributed by atoms with E-state index in [4.69, 9.17) is 17.3 Å². The fourth-order valence-electron chi connectivity index (χ4n) is 1.75. The molecule has 1 aliphatic rings. The number of aliphatic hydroxyl groups excluding tert-OH is 1. The van der Waals surface area contributed by atoms with Crippen LogP contribution in [0, 0.1) is 5.92 Å². The van der Waals surface area contributed by atoms with Gasteiger partial charge in [-0.05, 0) is 31.0 Å². The molecular formula is C9H18N2OS. The van der Waals surface area contributed by atoms with Gasteiger partial charge < -0.3 is 15.7 Å². The second-order valence-corrected chi connectivity index (χ2v) is 4.05. The van der Waals surface area contributed by atoms with Crippen molar-refractivity contribution in [1.29, 1.82) is 0 Å².